The topological polar surface area (TPSA) is 12.9 Å². The van der Waals surface area contributed by atoms with Crippen LogP contribution in [0.4, 0.5) is 0 Å². The molecule has 1 aromatic rings. The standard InChI is InChI=1S/C11H15BrClN/c1-8(2)11(13)6-5-10-4-3-9(12)7-14-10/h3-4,7-8,11H,5-6H2,1-2H3. The van der Waals surface area contributed by atoms with Gasteiger partial charge in [0.15, 0.2) is 0 Å². The summed E-state index contributed by atoms with van der Waals surface area (Å²) in [5.74, 6) is 0.534. The van der Waals surface area contributed by atoms with Gasteiger partial charge in [-0.2, -0.15) is 0 Å². The van der Waals surface area contributed by atoms with Crippen molar-refractivity contribution < 1.29 is 0 Å². The molecule has 3 heteroatoms. The van der Waals surface area contributed by atoms with Gasteiger partial charge >= 0.3 is 0 Å². The maximum atomic E-state index is 6.16. The van der Waals surface area contributed by atoms with Gasteiger partial charge in [0.2, 0.25) is 0 Å². The second-order valence-electron chi connectivity index (χ2n) is 3.77. The molecule has 0 bridgehead atoms. The lowest BCUT2D eigenvalue weighted by Gasteiger charge is -2.12. The van der Waals surface area contributed by atoms with Gasteiger partial charge in [-0.1, -0.05) is 13.8 Å². The van der Waals surface area contributed by atoms with Crippen LogP contribution in [0.25, 0.3) is 0 Å². The van der Waals surface area contributed by atoms with Crippen LogP contribution in [0.1, 0.15) is 26.0 Å². The summed E-state index contributed by atoms with van der Waals surface area (Å²) in [6.45, 7) is 4.29. The number of halogens is 2. The Hall–Kier alpha value is -0.0800. The van der Waals surface area contributed by atoms with E-state index in [1.807, 2.05) is 18.3 Å². The Labute approximate surface area is 99.0 Å². The van der Waals surface area contributed by atoms with Crippen LogP contribution in [0, 0.1) is 5.92 Å². The van der Waals surface area contributed by atoms with Crippen molar-refractivity contribution in [1.29, 1.82) is 0 Å². The summed E-state index contributed by atoms with van der Waals surface area (Å²) >= 11 is 9.52. The Morgan fingerprint density at radius 1 is 1.43 bits per heavy atom. The normalized spacial score (nSPS) is 13.2. The summed E-state index contributed by atoms with van der Waals surface area (Å²) in [5.41, 5.74) is 1.11. The van der Waals surface area contributed by atoms with Crippen molar-refractivity contribution in [3.8, 4) is 0 Å². The van der Waals surface area contributed by atoms with Crippen molar-refractivity contribution in [2.45, 2.75) is 32.1 Å². The number of aryl methyl sites for hydroxylation is 1. The summed E-state index contributed by atoms with van der Waals surface area (Å²) in [7, 11) is 0. The first-order chi connectivity index (χ1) is 6.59. The fraction of sp³-hybridized carbons (Fsp3) is 0.545. The molecular formula is C11H15BrClN. The molecule has 78 valence electrons. The van der Waals surface area contributed by atoms with Crippen LogP contribution in [-0.2, 0) is 6.42 Å². The van der Waals surface area contributed by atoms with Gasteiger partial charge in [0.25, 0.3) is 0 Å². The first kappa shape index (κ1) is 12.0. The van der Waals surface area contributed by atoms with Crippen molar-refractivity contribution >= 4 is 27.5 Å². The molecule has 0 aromatic carbocycles. The summed E-state index contributed by atoms with van der Waals surface area (Å²) in [5, 5.41) is 0.250. The minimum absolute atomic E-state index is 0.250. The van der Waals surface area contributed by atoms with Crippen LogP contribution >= 0.6 is 27.5 Å². The molecule has 14 heavy (non-hydrogen) atoms. The highest BCUT2D eigenvalue weighted by Crippen LogP contribution is 2.16. The highest BCUT2D eigenvalue weighted by molar-refractivity contribution is 9.10. The van der Waals surface area contributed by atoms with Gasteiger partial charge in [0.1, 0.15) is 0 Å². The van der Waals surface area contributed by atoms with E-state index < -0.39 is 0 Å². The Morgan fingerprint density at radius 3 is 2.64 bits per heavy atom. The second kappa shape index (κ2) is 5.72. The molecule has 1 aromatic heterocycles. The van der Waals surface area contributed by atoms with Gasteiger partial charge in [0, 0.05) is 21.7 Å². The molecule has 0 amide bonds. The molecule has 0 aliphatic rings. The number of nitrogens with zero attached hydrogens (tertiary/aromatic N) is 1. The molecule has 1 heterocycles. The van der Waals surface area contributed by atoms with Gasteiger partial charge in [0.05, 0.1) is 0 Å². The van der Waals surface area contributed by atoms with Crippen molar-refractivity contribution in [3.63, 3.8) is 0 Å². The van der Waals surface area contributed by atoms with Crippen LogP contribution in [0.3, 0.4) is 0 Å². The largest absolute Gasteiger partial charge is 0.260 e. The fourth-order valence-electron chi connectivity index (χ4n) is 1.17. The van der Waals surface area contributed by atoms with E-state index in [1.54, 1.807) is 0 Å². The van der Waals surface area contributed by atoms with Crippen LogP contribution in [0.15, 0.2) is 22.8 Å². The lowest BCUT2D eigenvalue weighted by molar-refractivity contribution is 0.562. The second-order valence-corrected chi connectivity index (χ2v) is 5.24. The molecule has 0 saturated carbocycles. The number of hydrogen-bond donors (Lipinski definition) is 0. The molecule has 0 N–H and O–H groups in total. The maximum absolute atomic E-state index is 6.16. The van der Waals surface area contributed by atoms with Crippen molar-refractivity contribution in [2.24, 2.45) is 5.92 Å². The molecule has 1 rings (SSSR count). The average Bonchev–Trinajstić information content (AvgIpc) is 2.16. The third kappa shape index (κ3) is 3.97. The van der Waals surface area contributed by atoms with Gasteiger partial charge in [-0.15, -0.1) is 11.6 Å². The van der Waals surface area contributed by atoms with E-state index in [-0.39, 0.29) is 5.38 Å². The van der Waals surface area contributed by atoms with E-state index in [4.69, 9.17) is 11.6 Å². The molecule has 0 radical (unpaired) electrons. The van der Waals surface area contributed by atoms with E-state index in [1.165, 1.54) is 0 Å². The zero-order chi connectivity index (χ0) is 10.6. The van der Waals surface area contributed by atoms with Crippen LogP contribution in [0.2, 0.25) is 0 Å². The Morgan fingerprint density at radius 2 is 2.14 bits per heavy atom. The Bertz CT molecular complexity index is 271. The minimum atomic E-state index is 0.250. The smallest absolute Gasteiger partial charge is 0.0413 e. The molecule has 1 unspecified atom stereocenters. The summed E-state index contributed by atoms with van der Waals surface area (Å²) in [6, 6.07) is 4.05. The Kier molecular flexibility index (Phi) is 4.90. The number of alkyl halides is 1. The molecular weight excluding hydrogens is 261 g/mol. The highest BCUT2D eigenvalue weighted by Gasteiger charge is 2.09. The van der Waals surface area contributed by atoms with E-state index in [0.717, 1.165) is 23.0 Å². The summed E-state index contributed by atoms with van der Waals surface area (Å²) in [6.07, 6.45) is 3.78. The predicted molar refractivity (Wildman–Crippen MR) is 64.7 cm³/mol. The quantitative estimate of drug-likeness (QED) is 0.756. The lowest BCUT2D eigenvalue weighted by atomic mass is 10.0. The highest BCUT2D eigenvalue weighted by atomic mass is 79.9. The molecule has 0 aliphatic carbocycles. The van der Waals surface area contributed by atoms with E-state index >= 15 is 0 Å². The summed E-state index contributed by atoms with van der Waals surface area (Å²) < 4.78 is 1.02. The summed E-state index contributed by atoms with van der Waals surface area (Å²) in [4.78, 5) is 4.30. The number of rotatable bonds is 4. The van der Waals surface area contributed by atoms with Crippen LogP contribution in [-0.4, -0.2) is 10.4 Å². The average molecular weight is 277 g/mol. The molecule has 1 atom stereocenters. The van der Waals surface area contributed by atoms with Crippen molar-refractivity contribution in [1.82, 2.24) is 4.98 Å². The molecule has 1 nitrogen and oxygen atoms in total. The van der Waals surface area contributed by atoms with Gasteiger partial charge in [-0.3, -0.25) is 4.98 Å². The first-order valence-corrected chi connectivity index (χ1v) is 6.07. The van der Waals surface area contributed by atoms with E-state index in [0.29, 0.717) is 5.92 Å². The van der Waals surface area contributed by atoms with Gasteiger partial charge in [-0.05, 0) is 46.8 Å². The van der Waals surface area contributed by atoms with Crippen LogP contribution in [0.5, 0.6) is 0 Å². The maximum Gasteiger partial charge on any atom is 0.0413 e. The van der Waals surface area contributed by atoms with Gasteiger partial charge in [-0.25, -0.2) is 0 Å². The third-order valence-electron chi connectivity index (χ3n) is 2.19. The lowest BCUT2D eigenvalue weighted by Crippen LogP contribution is -2.09. The predicted octanol–water partition coefficient (Wildman–Crippen LogP) is 4.04. The third-order valence-corrected chi connectivity index (χ3v) is 3.38. The fourth-order valence-corrected chi connectivity index (χ4v) is 1.52. The first-order valence-electron chi connectivity index (χ1n) is 4.84. The minimum Gasteiger partial charge on any atom is -0.260 e. The van der Waals surface area contributed by atoms with E-state index in [2.05, 4.69) is 34.8 Å². The van der Waals surface area contributed by atoms with Crippen molar-refractivity contribution in [2.75, 3.05) is 0 Å². The monoisotopic (exact) mass is 275 g/mol. The van der Waals surface area contributed by atoms with Crippen LogP contribution < -0.4 is 0 Å². The molecule has 0 spiro atoms. The van der Waals surface area contributed by atoms with Gasteiger partial charge < -0.3 is 0 Å². The molecule has 0 fully saturated rings. The number of hydrogen-bond acceptors (Lipinski definition) is 1. The zero-order valence-corrected chi connectivity index (χ0v) is 10.8. The molecule has 0 aliphatic heterocycles. The number of aromatic nitrogens is 1. The molecule has 0 saturated heterocycles. The van der Waals surface area contributed by atoms with E-state index in [9.17, 15) is 0 Å². The zero-order valence-electron chi connectivity index (χ0n) is 8.50. The Balaban J connectivity index is 2.42. The SMILES string of the molecule is CC(C)C(Cl)CCc1ccc(Br)cn1. The van der Waals surface area contributed by atoms with Crippen molar-refractivity contribution in [3.05, 3.63) is 28.5 Å². The number of pyridine rings is 1.